The molecule has 0 aromatic heterocycles. The molecule has 1 fully saturated rings. The molecule has 0 radical (unpaired) electrons. The van der Waals surface area contributed by atoms with Crippen LogP contribution < -0.4 is 0 Å². The highest BCUT2D eigenvalue weighted by atomic mass is 19.2. The lowest BCUT2D eigenvalue weighted by Gasteiger charge is -2.16. The van der Waals surface area contributed by atoms with Crippen LogP contribution in [-0.4, -0.2) is 27.8 Å². The highest BCUT2D eigenvalue weighted by Crippen LogP contribution is 2.34. The zero-order valence-electron chi connectivity index (χ0n) is 14.7. The van der Waals surface area contributed by atoms with Crippen LogP contribution in [0.5, 0.6) is 0 Å². The van der Waals surface area contributed by atoms with Crippen LogP contribution in [0.25, 0.3) is 0 Å². The third kappa shape index (κ3) is 7.12. The minimum absolute atomic E-state index is 0.0520. The van der Waals surface area contributed by atoms with E-state index in [2.05, 4.69) is 19.1 Å². The van der Waals surface area contributed by atoms with Gasteiger partial charge in [-0.3, -0.25) is 4.79 Å². The fourth-order valence-electron chi connectivity index (χ4n) is 3.33. The number of ketones is 1. The van der Waals surface area contributed by atoms with E-state index in [1.54, 1.807) is 0 Å². The van der Waals surface area contributed by atoms with Crippen molar-refractivity contribution in [3.8, 4) is 0 Å². The first-order valence-electron chi connectivity index (χ1n) is 9.22. The Balaban J connectivity index is 2.28. The molecule has 1 aliphatic carbocycles. The van der Waals surface area contributed by atoms with Crippen LogP contribution in [0.2, 0.25) is 0 Å². The van der Waals surface area contributed by atoms with E-state index < -0.39 is 18.2 Å². The van der Waals surface area contributed by atoms with Crippen LogP contribution >= 0.6 is 0 Å². The molecule has 0 amide bonds. The molecular weight excluding hydrogens is 311 g/mol. The van der Waals surface area contributed by atoms with Gasteiger partial charge in [-0.2, -0.15) is 4.39 Å². The molecule has 1 aliphatic rings. The topological polar surface area (TPSA) is 74.6 Å². The summed E-state index contributed by atoms with van der Waals surface area (Å²) in [4.78, 5) is 22.5. The van der Waals surface area contributed by atoms with E-state index in [4.69, 9.17) is 10.2 Å². The maximum Gasteiger partial charge on any atom is 0.369 e. The average Bonchev–Trinajstić information content (AvgIpc) is 2.87. The van der Waals surface area contributed by atoms with Crippen molar-refractivity contribution in [2.45, 2.75) is 83.4 Å². The Morgan fingerprint density at radius 2 is 2.04 bits per heavy atom. The summed E-state index contributed by atoms with van der Waals surface area (Å²) in [6.07, 6.45) is 12.7. The van der Waals surface area contributed by atoms with Crippen molar-refractivity contribution in [2.75, 3.05) is 0 Å². The summed E-state index contributed by atoms with van der Waals surface area (Å²) in [5.74, 6) is -4.28. The lowest BCUT2D eigenvalue weighted by atomic mass is 9.89. The molecule has 24 heavy (non-hydrogen) atoms. The van der Waals surface area contributed by atoms with E-state index in [0.717, 1.165) is 25.7 Å². The van der Waals surface area contributed by atoms with Gasteiger partial charge in [0.25, 0.3) is 0 Å². The zero-order valence-corrected chi connectivity index (χ0v) is 14.7. The quantitative estimate of drug-likeness (QED) is 0.407. The average molecular weight is 342 g/mol. The van der Waals surface area contributed by atoms with Gasteiger partial charge in [-0.1, -0.05) is 44.8 Å². The summed E-state index contributed by atoms with van der Waals surface area (Å²) >= 11 is 0. The molecule has 0 heterocycles. The third-order valence-corrected chi connectivity index (χ3v) is 4.86. The Morgan fingerprint density at radius 1 is 1.29 bits per heavy atom. The summed E-state index contributed by atoms with van der Waals surface area (Å²) in [5, 5.41) is 17.5. The Morgan fingerprint density at radius 3 is 2.71 bits per heavy atom. The molecule has 2 N–H and O–H groups in total. The monoisotopic (exact) mass is 342 g/mol. The van der Waals surface area contributed by atoms with Gasteiger partial charge in [0.1, 0.15) is 5.78 Å². The molecule has 3 atom stereocenters. The predicted molar refractivity (Wildman–Crippen MR) is 91.3 cm³/mol. The standard InChI is InChI=1S/C19H31FO4/c1-2-3-4-5-7-10-15-12-13-17(21)16(15)11-8-6-9-14-19(20,24)18(22)23/h7,10,15-16,24H,2-6,8-9,11-14H2,1H3,(H,22,23)/t15-,16+,19?/m0/s1. The molecule has 1 rings (SSSR count). The number of carbonyl (C=O) groups is 2. The molecule has 0 spiro atoms. The molecule has 138 valence electrons. The lowest BCUT2D eigenvalue weighted by molar-refractivity contribution is -0.181. The SMILES string of the molecule is CCCCCC=C[C@H]1CCC(=O)[C@@H]1CCCCCC(O)(F)C(=O)O. The first-order chi connectivity index (χ1) is 11.4. The van der Waals surface area contributed by atoms with Crippen LogP contribution in [0, 0.1) is 11.8 Å². The smallest absolute Gasteiger partial charge is 0.369 e. The van der Waals surface area contributed by atoms with Gasteiger partial charge < -0.3 is 10.2 Å². The van der Waals surface area contributed by atoms with Crippen molar-refractivity contribution >= 4 is 11.8 Å². The van der Waals surface area contributed by atoms with Gasteiger partial charge in [-0.25, -0.2) is 4.79 Å². The summed E-state index contributed by atoms with van der Waals surface area (Å²) in [6.45, 7) is 2.18. The molecule has 0 aromatic carbocycles. The number of rotatable bonds is 12. The number of allylic oxidation sites excluding steroid dienone is 2. The first kappa shape index (κ1) is 20.8. The van der Waals surface area contributed by atoms with Gasteiger partial charge in [0.2, 0.25) is 0 Å². The highest BCUT2D eigenvalue weighted by molar-refractivity contribution is 5.83. The Bertz CT molecular complexity index is 431. The number of aliphatic carboxylic acids is 1. The van der Waals surface area contributed by atoms with Crippen LogP contribution in [-0.2, 0) is 9.59 Å². The van der Waals surface area contributed by atoms with E-state index in [1.807, 2.05) is 0 Å². The van der Waals surface area contributed by atoms with Crippen molar-refractivity contribution in [1.29, 1.82) is 0 Å². The molecule has 5 heteroatoms. The number of aliphatic hydroxyl groups is 1. The number of Topliss-reactive ketones (excluding diaryl/α,β-unsaturated/α-hetero) is 1. The minimum Gasteiger partial charge on any atom is -0.477 e. The molecule has 0 aromatic rings. The number of alkyl halides is 1. The van der Waals surface area contributed by atoms with Gasteiger partial charge in [-0.05, 0) is 38.0 Å². The number of hydrogen-bond acceptors (Lipinski definition) is 3. The van der Waals surface area contributed by atoms with Crippen LogP contribution in [0.4, 0.5) is 4.39 Å². The van der Waals surface area contributed by atoms with Crippen LogP contribution in [0.1, 0.15) is 77.6 Å². The van der Waals surface area contributed by atoms with Crippen LogP contribution in [0.15, 0.2) is 12.2 Å². The number of unbranched alkanes of at least 4 members (excludes halogenated alkanes) is 5. The van der Waals surface area contributed by atoms with Crippen molar-refractivity contribution in [1.82, 2.24) is 0 Å². The second-order valence-corrected chi connectivity index (χ2v) is 6.86. The van der Waals surface area contributed by atoms with Gasteiger partial charge in [0, 0.05) is 18.8 Å². The molecule has 0 aliphatic heterocycles. The van der Waals surface area contributed by atoms with E-state index in [0.29, 0.717) is 31.0 Å². The predicted octanol–water partition coefficient (Wildman–Crippen LogP) is 4.41. The van der Waals surface area contributed by atoms with Crippen LogP contribution in [0.3, 0.4) is 0 Å². The maximum atomic E-state index is 13.2. The molecule has 0 saturated heterocycles. The van der Waals surface area contributed by atoms with Crippen molar-refractivity contribution in [2.24, 2.45) is 11.8 Å². The van der Waals surface area contributed by atoms with Gasteiger partial charge in [-0.15, -0.1) is 0 Å². The van der Waals surface area contributed by atoms with Gasteiger partial charge in [0.05, 0.1) is 0 Å². The molecule has 4 nitrogen and oxygen atoms in total. The number of carboxylic acid groups (broad SMARTS) is 1. The highest BCUT2D eigenvalue weighted by Gasteiger charge is 2.35. The number of carbonyl (C=O) groups excluding carboxylic acids is 1. The number of halogens is 1. The maximum absolute atomic E-state index is 13.2. The van der Waals surface area contributed by atoms with Crippen molar-refractivity contribution in [3.05, 3.63) is 12.2 Å². The molecule has 1 saturated carbocycles. The summed E-state index contributed by atoms with van der Waals surface area (Å²) < 4.78 is 13.2. The second kappa shape index (κ2) is 10.6. The third-order valence-electron chi connectivity index (χ3n) is 4.86. The van der Waals surface area contributed by atoms with Gasteiger partial charge in [0.15, 0.2) is 0 Å². The van der Waals surface area contributed by atoms with E-state index in [9.17, 15) is 14.0 Å². The van der Waals surface area contributed by atoms with Crippen molar-refractivity contribution < 1.29 is 24.2 Å². The van der Waals surface area contributed by atoms with E-state index >= 15 is 0 Å². The summed E-state index contributed by atoms with van der Waals surface area (Å²) in [6, 6.07) is 0. The fourth-order valence-corrected chi connectivity index (χ4v) is 3.33. The normalized spacial score (nSPS) is 23.7. The Hall–Kier alpha value is -1.23. The second-order valence-electron chi connectivity index (χ2n) is 6.86. The summed E-state index contributed by atoms with van der Waals surface area (Å²) in [5.41, 5.74) is 0. The Labute approximate surface area is 144 Å². The minimum atomic E-state index is -3.13. The number of carboxylic acids is 1. The first-order valence-corrected chi connectivity index (χ1v) is 9.22. The fraction of sp³-hybridized carbons (Fsp3) is 0.789. The lowest BCUT2D eigenvalue weighted by Crippen LogP contribution is -2.32. The molecular formula is C19H31FO4. The molecule has 1 unspecified atom stereocenters. The molecule has 0 bridgehead atoms. The van der Waals surface area contributed by atoms with E-state index in [1.165, 1.54) is 19.3 Å². The number of hydrogen-bond donors (Lipinski definition) is 2. The van der Waals surface area contributed by atoms with Crippen molar-refractivity contribution in [3.63, 3.8) is 0 Å². The zero-order chi connectivity index (χ0) is 18.0. The largest absolute Gasteiger partial charge is 0.477 e. The van der Waals surface area contributed by atoms with E-state index in [-0.39, 0.29) is 5.92 Å². The Kier molecular flexibility index (Phi) is 9.19. The summed E-state index contributed by atoms with van der Waals surface area (Å²) in [7, 11) is 0. The van der Waals surface area contributed by atoms with Gasteiger partial charge >= 0.3 is 11.8 Å².